The topological polar surface area (TPSA) is 29.3 Å². The van der Waals surface area contributed by atoms with Crippen LogP contribution in [0.2, 0.25) is 0 Å². The van der Waals surface area contributed by atoms with Crippen molar-refractivity contribution < 1.29 is 0 Å². The van der Waals surface area contributed by atoms with E-state index in [9.17, 15) is 0 Å². The summed E-state index contributed by atoms with van der Waals surface area (Å²) in [6.45, 7) is 9.87. The fourth-order valence-corrected chi connectivity index (χ4v) is 4.79. The Bertz CT molecular complexity index is 706. The lowest BCUT2D eigenvalue weighted by Crippen LogP contribution is -2.39. The van der Waals surface area contributed by atoms with Gasteiger partial charge in [-0.25, -0.2) is 0 Å². The molecule has 1 aliphatic rings. The van der Waals surface area contributed by atoms with Crippen molar-refractivity contribution in [2.45, 2.75) is 45.7 Å². The monoisotopic (exact) mass is 340 g/mol. The van der Waals surface area contributed by atoms with E-state index in [-0.39, 0.29) is 5.50 Å². The summed E-state index contributed by atoms with van der Waals surface area (Å²) >= 11 is 1.86. The molecule has 1 saturated heterocycles. The van der Waals surface area contributed by atoms with Crippen LogP contribution in [-0.4, -0.2) is 22.7 Å². The van der Waals surface area contributed by atoms with Gasteiger partial charge in [0.2, 0.25) is 0 Å². The van der Waals surface area contributed by atoms with Crippen LogP contribution in [0.15, 0.2) is 36.4 Å². The highest BCUT2D eigenvalue weighted by Crippen LogP contribution is 2.35. The van der Waals surface area contributed by atoms with Crippen molar-refractivity contribution in [3.05, 3.63) is 69.8 Å². The molecule has 2 aromatic carbocycles. The normalized spacial score (nSPS) is 19.6. The van der Waals surface area contributed by atoms with E-state index in [2.05, 4.69) is 69.0 Å². The van der Waals surface area contributed by atoms with Crippen molar-refractivity contribution >= 4 is 11.8 Å². The van der Waals surface area contributed by atoms with Gasteiger partial charge in [0.05, 0.1) is 0 Å². The van der Waals surface area contributed by atoms with E-state index in [1.807, 2.05) is 11.8 Å². The molecule has 2 N–H and O–H groups in total. The van der Waals surface area contributed by atoms with E-state index in [1.165, 1.54) is 33.4 Å². The summed E-state index contributed by atoms with van der Waals surface area (Å²) in [4.78, 5) is 2.48. The second-order valence-corrected chi connectivity index (χ2v) is 8.23. The Morgan fingerprint density at radius 3 is 2.46 bits per heavy atom. The molecule has 0 bridgehead atoms. The maximum atomic E-state index is 6.41. The van der Waals surface area contributed by atoms with Gasteiger partial charge in [-0.2, -0.15) is 0 Å². The van der Waals surface area contributed by atoms with Crippen LogP contribution in [0, 0.1) is 27.7 Å². The van der Waals surface area contributed by atoms with E-state index in [0.29, 0.717) is 6.04 Å². The van der Waals surface area contributed by atoms with Gasteiger partial charge in [-0.15, -0.1) is 11.8 Å². The van der Waals surface area contributed by atoms with Crippen LogP contribution in [0.25, 0.3) is 0 Å². The third kappa shape index (κ3) is 3.69. The average Bonchev–Trinajstić information content (AvgIpc) is 2.93. The van der Waals surface area contributed by atoms with E-state index in [4.69, 9.17) is 5.73 Å². The lowest BCUT2D eigenvalue weighted by molar-refractivity contribution is 0.206. The SMILES string of the molecule is Cc1cc(C)cc(CC(c2cccc(C)c2C)N2CCSC2N)c1. The summed E-state index contributed by atoms with van der Waals surface area (Å²) in [5.74, 6) is 1.12. The number of aryl methyl sites for hydroxylation is 3. The quantitative estimate of drug-likeness (QED) is 0.889. The molecule has 1 fully saturated rings. The minimum absolute atomic E-state index is 0.0980. The largest absolute Gasteiger partial charge is 0.307 e. The maximum absolute atomic E-state index is 6.41. The first-order valence-electron chi connectivity index (χ1n) is 8.72. The second kappa shape index (κ2) is 7.30. The van der Waals surface area contributed by atoms with Gasteiger partial charge < -0.3 is 5.73 Å². The molecule has 3 heteroatoms. The molecule has 24 heavy (non-hydrogen) atoms. The Hall–Kier alpha value is -1.29. The Labute approximate surface area is 150 Å². The standard InChI is InChI=1S/C21H28N2S/c1-14-10-15(2)12-18(11-14)13-20(23-8-9-24-21(23)22)19-7-5-6-16(3)17(19)4/h5-7,10-12,20-21H,8-9,13,22H2,1-4H3. The number of hydrogen-bond donors (Lipinski definition) is 1. The first-order valence-corrected chi connectivity index (χ1v) is 9.77. The van der Waals surface area contributed by atoms with E-state index in [1.54, 1.807) is 0 Å². The van der Waals surface area contributed by atoms with Gasteiger partial charge in [0.1, 0.15) is 5.50 Å². The summed E-state index contributed by atoms with van der Waals surface area (Å²) < 4.78 is 0. The molecular weight excluding hydrogens is 312 g/mol. The first kappa shape index (κ1) is 17.5. The molecular formula is C21H28N2S. The summed E-state index contributed by atoms with van der Waals surface area (Å²) in [6, 6.07) is 13.9. The summed E-state index contributed by atoms with van der Waals surface area (Å²) in [5, 5.41) is 0. The molecule has 1 heterocycles. The third-order valence-corrected chi connectivity index (χ3v) is 6.11. The van der Waals surface area contributed by atoms with Crippen molar-refractivity contribution in [3.8, 4) is 0 Å². The molecule has 2 unspecified atom stereocenters. The molecule has 2 nitrogen and oxygen atoms in total. The maximum Gasteiger partial charge on any atom is 0.106 e. The third-order valence-electron chi connectivity index (χ3n) is 5.08. The van der Waals surface area contributed by atoms with Crippen LogP contribution in [-0.2, 0) is 6.42 Å². The van der Waals surface area contributed by atoms with Crippen molar-refractivity contribution in [1.29, 1.82) is 0 Å². The predicted octanol–water partition coefficient (Wildman–Crippen LogP) is 4.50. The van der Waals surface area contributed by atoms with Crippen molar-refractivity contribution in [2.75, 3.05) is 12.3 Å². The van der Waals surface area contributed by atoms with Crippen LogP contribution < -0.4 is 5.73 Å². The Morgan fingerprint density at radius 2 is 1.83 bits per heavy atom. The lowest BCUT2D eigenvalue weighted by atomic mass is 9.91. The summed E-state index contributed by atoms with van der Waals surface area (Å²) in [7, 11) is 0. The van der Waals surface area contributed by atoms with Gasteiger partial charge in [-0.05, 0) is 56.4 Å². The van der Waals surface area contributed by atoms with E-state index in [0.717, 1.165) is 18.7 Å². The van der Waals surface area contributed by atoms with Crippen LogP contribution >= 0.6 is 11.8 Å². The minimum atomic E-state index is 0.0980. The molecule has 2 aromatic rings. The van der Waals surface area contributed by atoms with Gasteiger partial charge >= 0.3 is 0 Å². The molecule has 0 aromatic heterocycles. The minimum Gasteiger partial charge on any atom is -0.307 e. The van der Waals surface area contributed by atoms with Gasteiger partial charge in [0.25, 0.3) is 0 Å². The van der Waals surface area contributed by atoms with E-state index >= 15 is 0 Å². The number of nitrogens with zero attached hydrogens (tertiary/aromatic N) is 1. The highest BCUT2D eigenvalue weighted by molar-refractivity contribution is 8.00. The smallest absolute Gasteiger partial charge is 0.106 e. The van der Waals surface area contributed by atoms with Crippen molar-refractivity contribution in [3.63, 3.8) is 0 Å². The average molecular weight is 341 g/mol. The molecule has 0 radical (unpaired) electrons. The molecule has 128 valence electrons. The molecule has 0 aliphatic carbocycles. The summed E-state index contributed by atoms with van der Waals surface area (Å²) in [6.07, 6.45) is 1.01. The van der Waals surface area contributed by atoms with Gasteiger partial charge in [0, 0.05) is 18.3 Å². The zero-order chi connectivity index (χ0) is 17.3. The highest BCUT2D eigenvalue weighted by Gasteiger charge is 2.31. The van der Waals surface area contributed by atoms with Crippen LogP contribution in [0.3, 0.4) is 0 Å². The zero-order valence-electron chi connectivity index (χ0n) is 15.2. The molecule has 2 atom stereocenters. The zero-order valence-corrected chi connectivity index (χ0v) is 16.0. The van der Waals surface area contributed by atoms with Crippen molar-refractivity contribution in [2.24, 2.45) is 5.73 Å². The predicted molar refractivity (Wildman–Crippen MR) is 105 cm³/mol. The van der Waals surface area contributed by atoms with Gasteiger partial charge in [-0.1, -0.05) is 47.5 Å². The molecule has 0 amide bonds. The number of thioether (sulfide) groups is 1. The number of hydrogen-bond acceptors (Lipinski definition) is 3. The van der Waals surface area contributed by atoms with Gasteiger partial charge in [0.15, 0.2) is 0 Å². The van der Waals surface area contributed by atoms with Gasteiger partial charge in [-0.3, -0.25) is 4.90 Å². The van der Waals surface area contributed by atoms with Crippen LogP contribution in [0.1, 0.15) is 39.4 Å². The fourth-order valence-electron chi connectivity index (χ4n) is 3.79. The lowest BCUT2D eigenvalue weighted by Gasteiger charge is -2.32. The molecule has 0 saturated carbocycles. The Morgan fingerprint density at radius 1 is 1.12 bits per heavy atom. The Balaban J connectivity index is 2.00. The Kier molecular flexibility index (Phi) is 5.33. The number of nitrogens with two attached hydrogens (primary N) is 1. The number of benzene rings is 2. The highest BCUT2D eigenvalue weighted by atomic mass is 32.2. The van der Waals surface area contributed by atoms with Crippen LogP contribution in [0.4, 0.5) is 0 Å². The summed E-state index contributed by atoms with van der Waals surface area (Å²) in [5.41, 5.74) is 14.8. The first-order chi connectivity index (χ1) is 11.5. The van der Waals surface area contributed by atoms with Crippen molar-refractivity contribution in [1.82, 2.24) is 4.90 Å². The molecule has 1 aliphatic heterocycles. The molecule has 0 spiro atoms. The van der Waals surface area contributed by atoms with Crippen LogP contribution in [0.5, 0.6) is 0 Å². The second-order valence-electron chi connectivity index (χ2n) is 7.00. The van der Waals surface area contributed by atoms with E-state index < -0.39 is 0 Å². The molecule has 3 rings (SSSR count). The number of rotatable bonds is 4. The fraction of sp³-hybridized carbons (Fsp3) is 0.429.